The van der Waals surface area contributed by atoms with E-state index < -0.39 is 0 Å². The lowest BCUT2D eigenvalue weighted by Gasteiger charge is -1.92. The van der Waals surface area contributed by atoms with Crippen LogP contribution in [0.25, 0.3) is 0 Å². The zero-order valence-corrected chi connectivity index (χ0v) is 9.39. The highest BCUT2D eigenvalue weighted by atomic mass is 32.2. The molecule has 0 atom stereocenters. The lowest BCUT2D eigenvalue weighted by molar-refractivity contribution is 1.37. The zero-order valence-electron chi connectivity index (χ0n) is 7.76. The molecular formula is C10H14S2. The van der Waals surface area contributed by atoms with Crippen LogP contribution in [0.5, 0.6) is 0 Å². The molecule has 0 spiro atoms. The molecule has 0 aliphatic carbocycles. The fourth-order valence-electron chi connectivity index (χ4n) is 0.771. The summed E-state index contributed by atoms with van der Waals surface area (Å²) in [7, 11) is 0. The summed E-state index contributed by atoms with van der Waals surface area (Å²) >= 11 is 3.75. The summed E-state index contributed by atoms with van der Waals surface area (Å²) in [5.74, 6) is 1.10. The Hall–Kier alpha value is -0.210. The van der Waals surface area contributed by atoms with Gasteiger partial charge < -0.3 is 0 Å². The van der Waals surface area contributed by atoms with E-state index in [4.69, 9.17) is 0 Å². The van der Waals surface area contributed by atoms with Gasteiger partial charge in [0.05, 0.1) is 4.21 Å². The Morgan fingerprint density at radius 2 is 2.33 bits per heavy atom. The number of hydrogen-bond donors (Lipinski definition) is 0. The van der Waals surface area contributed by atoms with Gasteiger partial charge in [0.1, 0.15) is 0 Å². The van der Waals surface area contributed by atoms with Crippen molar-refractivity contribution in [2.45, 2.75) is 25.0 Å². The minimum absolute atomic E-state index is 1.10. The molecule has 0 amide bonds. The van der Waals surface area contributed by atoms with Crippen molar-refractivity contribution in [2.75, 3.05) is 5.75 Å². The molecule has 0 N–H and O–H groups in total. The SMILES string of the molecule is CC(C)=CCSc1cc(C)cs1. The summed E-state index contributed by atoms with van der Waals surface area (Å²) < 4.78 is 1.42. The van der Waals surface area contributed by atoms with Crippen molar-refractivity contribution in [1.29, 1.82) is 0 Å². The second-order valence-corrected chi connectivity index (χ2v) is 5.27. The summed E-state index contributed by atoms with van der Waals surface area (Å²) in [6.45, 7) is 6.42. The van der Waals surface area contributed by atoms with Crippen LogP contribution in [-0.4, -0.2) is 5.75 Å². The maximum atomic E-state index is 2.26. The maximum absolute atomic E-state index is 2.26. The molecule has 0 fully saturated rings. The smallest absolute Gasteiger partial charge is 0.0604 e. The van der Waals surface area contributed by atoms with Crippen molar-refractivity contribution in [3.8, 4) is 0 Å². The van der Waals surface area contributed by atoms with E-state index >= 15 is 0 Å². The average Bonchev–Trinajstić information content (AvgIpc) is 2.35. The molecule has 0 aliphatic heterocycles. The van der Waals surface area contributed by atoms with Gasteiger partial charge in [0.2, 0.25) is 0 Å². The summed E-state index contributed by atoms with van der Waals surface area (Å²) in [4.78, 5) is 0. The number of thiophene rings is 1. The minimum atomic E-state index is 1.10. The molecule has 0 saturated carbocycles. The van der Waals surface area contributed by atoms with E-state index in [-0.39, 0.29) is 0 Å². The largest absolute Gasteiger partial charge is 0.137 e. The third-order valence-corrected chi connectivity index (χ3v) is 3.64. The first-order valence-corrected chi connectivity index (χ1v) is 5.86. The minimum Gasteiger partial charge on any atom is -0.137 e. The average molecular weight is 198 g/mol. The van der Waals surface area contributed by atoms with Crippen LogP contribution in [0.3, 0.4) is 0 Å². The Morgan fingerprint density at radius 1 is 1.58 bits per heavy atom. The van der Waals surface area contributed by atoms with E-state index in [1.54, 1.807) is 0 Å². The van der Waals surface area contributed by atoms with Crippen LogP contribution in [-0.2, 0) is 0 Å². The van der Waals surface area contributed by atoms with Gasteiger partial charge in [-0.1, -0.05) is 11.6 Å². The fourth-order valence-corrected chi connectivity index (χ4v) is 2.87. The quantitative estimate of drug-likeness (QED) is 0.520. The van der Waals surface area contributed by atoms with Crippen molar-refractivity contribution < 1.29 is 0 Å². The molecule has 1 rings (SSSR count). The van der Waals surface area contributed by atoms with Crippen LogP contribution in [0.15, 0.2) is 27.3 Å². The number of allylic oxidation sites excluding steroid dienone is 1. The third kappa shape index (κ3) is 3.46. The highest BCUT2D eigenvalue weighted by molar-refractivity contribution is 8.01. The molecule has 0 bridgehead atoms. The molecule has 0 aromatic carbocycles. The lowest BCUT2D eigenvalue weighted by Crippen LogP contribution is -1.71. The van der Waals surface area contributed by atoms with Gasteiger partial charge in [0.15, 0.2) is 0 Å². The van der Waals surface area contributed by atoms with Gasteiger partial charge in [-0.25, -0.2) is 0 Å². The molecule has 2 heteroatoms. The van der Waals surface area contributed by atoms with Crippen molar-refractivity contribution in [2.24, 2.45) is 0 Å². The second-order valence-electron chi connectivity index (χ2n) is 3.04. The number of thioether (sulfide) groups is 1. The first kappa shape index (κ1) is 9.87. The third-order valence-electron chi connectivity index (χ3n) is 1.42. The Labute approximate surface area is 82.7 Å². The maximum Gasteiger partial charge on any atom is 0.0604 e. The highest BCUT2D eigenvalue weighted by Crippen LogP contribution is 2.25. The molecule has 1 aromatic heterocycles. The molecule has 0 nitrogen and oxygen atoms in total. The number of aryl methyl sites for hydroxylation is 1. The fraction of sp³-hybridized carbons (Fsp3) is 0.400. The molecular weight excluding hydrogens is 184 g/mol. The Morgan fingerprint density at radius 3 is 2.83 bits per heavy atom. The molecule has 66 valence electrons. The topological polar surface area (TPSA) is 0 Å². The second kappa shape index (κ2) is 4.73. The monoisotopic (exact) mass is 198 g/mol. The van der Waals surface area contributed by atoms with Crippen LogP contribution in [0.2, 0.25) is 0 Å². The summed E-state index contributed by atoms with van der Waals surface area (Å²) in [6.07, 6.45) is 2.26. The van der Waals surface area contributed by atoms with Gasteiger partial charge in [0, 0.05) is 5.75 Å². The van der Waals surface area contributed by atoms with Crippen LogP contribution < -0.4 is 0 Å². The standard InChI is InChI=1S/C10H14S2/c1-8(2)4-5-11-10-6-9(3)7-12-10/h4,6-7H,5H2,1-3H3. The van der Waals surface area contributed by atoms with E-state index in [1.807, 2.05) is 23.1 Å². The van der Waals surface area contributed by atoms with Gasteiger partial charge in [-0.2, -0.15) is 0 Å². The lowest BCUT2D eigenvalue weighted by atomic mass is 10.3. The normalized spacial score (nSPS) is 9.92. The Balaban J connectivity index is 2.38. The molecule has 0 saturated heterocycles. The molecule has 1 heterocycles. The Kier molecular flexibility index (Phi) is 3.89. The van der Waals surface area contributed by atoms with Gasteiger partial charge >= 0.3 is 0 Å². The summed E-state index contributed by atoms with van der Waals surface area (Å²) in [6, 6.07) is 2.24. The van der Waals surface area contributed by atoms with Crippen molar-refractivity contribution in [3.63, 3.8) is 0 Å². The Bertz CT molecular complexity index is 267. The molecule has 12 heavy (non-hydrogen) atoms. The molecule has 0 unspecified atom stereocenters. The van der Waals surface area contributed by atoms with Crippen LogP contribution >= 0.6 is 23.1 Å². The van der Waals surface area contributed by atoms with Gasteiger partial charge in [-0.05, 0) is 37.8 Å². The first-order valence-electron chi connectivity index (χ1n) is 4.00. The molecule has 0 aliphatic rings. The van der Waals surface area contributed by atoms with Gasteiger partial charge in [0.25, 0.3) is 0 Å². The van der Waals surface area contributed by atoms with Gasteiger partial charge in [-0.3, -0.25) is 0 Å². The summed E-state index contributed by atoms with van der Waals surface area (Å²) in [5, 5.41) is 2.20. The van der Waals surface area contributed by atoms with Crippen LogP contribution in [0, 0.1) is 6.92 Å². The summed E-state index contributed by atoms with van der Waals surface area (Å²) in [5.41, 5.74) is 2.77. The first-order chi connectivity index (χ1) is 5.68. The van der Waals surface area contributed by atoms with Crippen molar-refractivity contribution in [1.82, 2.24) is 0 Å². The van der Waals surface area contributed by atoms with Crippen LogP contribution in [0.4, 0.5) is 0 Å². The highest BCUT2D eigenvalue weighted by Gasteiger charge is 1.94. The van der Waals surface area contributed by atoms with Crippen LogP contribution in [0.1, 0.15) is 19.4 Å². The van der Waals surface area contributed by atoms with Crippen molar-refractivity contribution in [3.05, 3.63) is 28.7 Å². The number of rotatable bonds is 3. The van der Waals surface area contributed by atoms with Gasteiger partial charge in [-0.15, -0.1) is 23.1 Å². The van der Waals surface area contributed by atoms with E-state index in [1.165, 1.54) is 15.3 Å². The zero-order chi connectivity index (χ0) is 8.97. The van der Waals surface area contributed by atoms with E-state index in [0.717, 1.165) is 5.75 Å². The van der Waals surface area contributed by atoms with E-state index in [0.29, 0.717) is 0 Å². The van der Waals surface area contributed by atoms with E-state index in [9.17, 15) is 0 Å². The van der Waals surface area contributed by atoms with E-state index in [2.05, 4.69) is 38.3 Å². The predicted molar refractivity (Wildman–Crippen MR) is 59.2 cm³/mol. The number of hydrogen-bond acceptors (Lipinski definition) is 2. The molecule has 0 radical (unpaired) electrons. The van der Waals surface area contributed by atoms with Crippen molar-refractivity contribution >= 4 is 23.1 Å². The predicted octanol–water partition coefficient (Wildman–Crippen LogP) is 4.11. The molecule has 1 aromatic rings.